The maximum atomic E-state index is 13.1. The van der Waals surface area contributed by atoms with Crippen LogP contribution in [0.2, 0.25) is 0 Å². The van der Waals surface area contributed by atoms with Gasteiger partial charge in [0.2, 0.25) is 0 Å². The number of hydrogen-bond donors (Lipinski definition) is 2. The van der Waals surface area contributed by atoms with Gasteiger partial charge < -0.3 is 15.4 Å². The summed E-state index contributed by atoms with van der Waals surface area (Å²) in [5, 5.41) is 6.36. The number of benzene rings is 1. The van der Waals surface area contributed by atoms with Crippen molar-refractivity contribution < 1.29 is 17.5 Å². The molecule has 0 saturated heterocycles. The molecule has 0 amide bonds. The highest BCUT2D eigenvalue weighted by Gasteiger charge is 2.03. The minimum atomic E-state index is -2.99. The summed E-state index contributed by atoms with van der Waals surface area (Å²) >= 11 is 0. The topological polar surface area (TPSA) is 79.8 Å². The van der Waals surface area contributed by atoms with Gasteiger partial charge in [0.1, 0.15) is 15.7 Å². The zero-order valence-corrected chi connectivity index (χ0v) is 16.0. The quantitative estimate of drug-likeness (QED) is 0.367. The lowest BCUT2D eigenvalue weighted by atomic mass is 10.1. The van der Waals surface area contributed by atoms with Crippen molar-refractivity contribution in [1.29, 1.82) is 0 Å². The van der Waals surface area contributed by atoms with E-state index in [1.54, 1.807) is 6.07 Å². The summed E-state index contributed by atoms with van der Waals surface area (Å²) in [6.07, 6.45) is 1.95. The van der Waals surface area contributed by atoms with E-state index in [9.17, 15) is 12.8 Å². The van der Waals surface area contributed by atoms with E-state index in [4.69, 9.17) is 4.74 Å². The van der Waals surface area contributed by atoms with E-state index in [1.165, 1.54) is 18.4 Å². The Bertz CT molecular complexity index is 663. The molecule has 0 fully saturated rings. The first kappa shape index (κ1) is 21.4. The van der Waals surface area contributed by atoms with Gasteiger partial charge in [0.05, 0.1) is 25.5 Å². The van der Waals surface area contributed by atoms with E-state index in [0.29, 0.717) is 25.7 Å². The first-order valence-corrected chi connectivity index (χ1v) is 10.4. The average molecular weight is 373 g/mol. The minimum absolute atomic E-state index is 0.0199. The molecule has 6 nitrogen and oxygen atoms in total. The number of hydrogen-bond acceptors (Lipinski definition) is 4. The molecule has 25 heavy (non-hydrogen) atoms. The molecule has 0 saturated carbocycles. The van der Waals surface area contributed by atoms with Gasteiger partial charge in [-0.15, -0.1) is 0 Å². The van der Waals surface area contributed by atoms with E-state index >= 15 is 0 Å². The van der Waals surface area contributed by atoms with Crippen LogP contribution in [0.4, 0.5) is 4.39 Å². The SMILES string of the molecule is CCNC(=NCCOCCS(C)(=O)=O)NCCc1ccc(F)cc1C. The van der Waals surface area contributed by atoms with Crippen LogP contribution >= 0.6 is 0 Å². The van der Waals surface area contributed by atoms with Gasteiger partial charge in [0.15, 0.2) is 5.96 Å². The van der Waals surface area contributed by atoms with Crippen molar-refractivity contribution in [3.8, 4) is 0 Å². The van der Waals surface area contributed by atoms with Crippen LogP contribution in [-0.4, -0.2) is 59.2 Å². The highest BCUT2D eigenvalue weighted by Crippen LogP contribution is 2.10. The standard InChI is InChI=1S/C17H28FN3O3S/c1-4-19-17(21-9-10-24-11-12-25(3,22)23)20-8-7-15-5-6-16(18)13-14(15)2/h5-6,13H,4,7-12H2,1-3H3,(H2,19,20,21). The van der Waals surface area contributed by atoms with Crippen molar-refractivity contribution in [3.05, 3.63) is 35.1 Å². The van der Waals surface area contributed by atoms with E-state index in [2.05, 4.69) is 15.6 Å². The Balaban J connectivity index is 2.35. The second-order valence-corrected chi connectivity index (χ2v) is 8.01. The van der Waals surface area contributed by atoms with Gasteiger partial charge in [-0.05, 0) is 43.5 Å². The molecular formula is C17H28FN3O3S. The molecule has 8 heteroatoms. The van der Waals surface area contributed by atoms with E-state index in [-0.39, 0.29) is 18.2 Å². The largest absolute Gasteiger partial charge is 0.378 e. The average Bonchev–Trinajstić information content (AvgIpc) is 2.51. The number of halogens is 1. The summed E-state index contributed by atoms with van der Waals surface area (Å²) in [5.74, 6) is 0.473. The maximum Gasteiger partial charge on any atom is 0.191 e. The number of nitrogens with one attached hydrogen (secondary N) is 2. The molecular weight excluding hydrogens is 345 g/mol. The van der Waals surface area contributed by atoms with Gasteiger partial charge in [-0.2, -0.15) is 0 Å². The highest BCUT2D eigenvalue weighted by molar-refractivity contribution is 7.90. The molecule has 0 aliphatic heterocycles. The number of guanidine groups is 1. The van der Waals surface area contributed by atoms with Crippen LogP contribution in [-0.2, 0) is 21.0 Å². The Hall–Kier alpha value is -1.67. The zero-order valence-electron chi connectivity index (χ0n) is 15.1. The predicted molar refractivity (Wildman–Crippen MR) is 99.4 cm³/mol. The van der Waals surface area contributed by atoms with Gasteiger partial charge in [-0.25, -0.2) is 12.8 Å². The number of aliphatic imine (C=N–C) groups is 1. The van der Waals surface area contributed by atoms with Crippen molar-refractivity contribution >= 4 is 15.8 Å². The fourth-order valence-electron chi connectivity index (χ4n) is 2.13. The molecule has 0 aliphatic carbocycles. The molecule has 1 aromatic rings. The molecule has 0 heterocycles. The number of sulfone groups is 1. The molecule has 0 aliphatic rings. The van der Waals surface area contributed by atoms with E-state index < -0.39 is 9.84 Å². The fourth-order valence-corrected chi connectivity index (χ4v) is 2.55. The predicted octanol–water partition coefficient (Wildman–Crippen LogP) is 1.29. The van der Waals surface area contributed by atoms with Gasteiger partial charge >= 0.3 is 0 Å². The first-order chi connectivity index (χ1) is 11.8. The second-order valence-electron chi connectivity index (χ2n) is 5.75. The van der Waals surface area contributed by atoms with E-state index in [0.717, 1.165) is 24.1 Å². The summed E-state index contributed by atoms with van der Waals surface area (Å²) in [6.45, 7) is 6.26. The highest BCUT2D eigenvalue weighted by atomic mass is 32.2. The van der Waals surface area contributed by atoms with Crippen molar-refractivity contribution in [3.63, 3.8) is 0 Å². The Morgan fingerprint density at radius 1 is 1.28 bits per heavy atom. The monoisotopic (exact) mass is 373 g/mol. The molecule has 0 unspecified atom stereocenters. The normalized spacial score (nSPS) is 12.2. The first-order valence-electron chi connectivity index (χ1n) is 8.34. The molecule has 142 valence electrons. The fraction of sp³-hybridized carbons (Fsp3) is 0.588. The molecule has 2 N–H and O–H groups in total. The van der Waals surface area contributed by atoms with Crippen molar-refractivity contribution in [2.24, 2.45) is 4.99 Å². The third-order valence-corrected chi connectivity index (χ3v) is 4.35. The Kier molecular flexibility index (Phi) is 9.44. The number of aryl methyl sites for hydroxylation is 1. The van der Waals surface area contributed by atoms with Gasteiger partial charge in [-0.1, -0.05) is 6.07 Å². The van der Waals surface area contributed by atoms with Crippen LogP contribution in [0.5, 0.6) is 0 Å². The van der Waals surface area contributed by atoms with Crippen LogP contribution in [0.3, 0.4) is 0 Å². The lowest BCUT2D eigenvalue weighted by Gasteiger charge is -2.12. The molecule has 1 aromatic carbocycles. The number of rotatable bonds is 10. The third kappa shape index (κ3) is 10.0. The molecule has 0 spiro atoms. The van der Waals surface area contributed by atoms with Crippen LogP contribution in [0.25, 0.3) is 0 Å². The second kappa shape index (κ2) is 11.0. The Labute approximate surface area is 149 Å². The zero-order chi connectivity index (χ0) is 18.7. The number of ether oxygens (including phenoxy) is 1. The maximum absolute atomic E-state index is 13.1. The molecule has 1 rings (SSSR count). The van der Waals surface area contributed by atoms with Crippen LogP contribution in [0.15, 0.2) is 23.2 Å². The van der Waals surface area contributed by atoms with Crippen LogP contribution in [0.1, 0.15) is 18.1 Å². The van der Waals surface area contributed by atoms with Gasteiger partial charge in [0.25, 0.3) is 0 Å². The van der Waals surface area contributed by atoms with Crippen molar-refractivity contribution in [2.75, 3.05) is 44.9 Å². The van der Waals surface area contributed by atoms with Gasteiger partial charge in [-0.3, -0.25) is 4.99 Å². The van der Waals surface area contributed by atoms with E-state index in [1.807, 2.05) is 13.8 Å². The summed E-state index contributed by atoms with van der Waals surface area (Å²) in [6, 6.07) is 4.80. The lowest BCUT2D eigenvalue weighted by molar-refractivity contribution is 0.157. The molecule has 0 atom stereocenters. The van der Waals surface area contributed by atoms with Crippen molar-refractivity contribution in [2.45, 2.75) is 20.3 Å². The van der Waals surface area contributed by atoms with Crippen LogP contribution < -0.4 is 10.6 Å². The summed E-state index contributed by atoms with van der Waals surface area (Å²) in [7, 11) is -2.99. The Morgan fingerprint density at radius 3 is 2.68 bits per heavy atom. The number of nitrogens with zero attached hydrogens (tertiary/aromatic N) is 1. The minimum Gasteiger partial charge on any atom is -0.378 e. The molecule has 0 bridgehead atoms. The third-order valence-electron chi connectivity index (χ3n) is 3.44. The molecule has 0 radical (unpaired) electrons. The summed E-state index contributed by atoms with van der Waals surface area (Å²) in [5.41, 5.74) is 2.02. The summed E-state index contributed by atoms with van der Waals surface area (Å²) in [4.78, 5) is 4.38. The Morgan fingerprint density at radius 2 is 2.04 bits per heavy atom. The smallest absolute Gasteiger partial charge is 0.191 e. The lowest BCUT2D eigenvalue weighted by Crippen LogP contribution is -2.38. The van der Waals surface area contributed by atoms with Crippen LogP contribution in [0, 0.1) is 12.7 Å². The molecule has 0 aromatic heterocycles. The summed E-state index contributed by atoms with van der Waals surface area (Å²) < 4.78 is 40.3. The van der Waals surface area contributed by atoms with Crippen molar-refractivity contribution in [1.82, 2.24) is 10.6 Å². The van der Waals surface area contributed by atoms with Gasteiger partial charge in [0, 0.05) is 19.3 Å².